The molecule has 2 aliphatic rings. The summed E-state index contributed by atoms with van der Waals surface area (Å²) in [5, 5.41) is 0.621. The number of hydrogen-bond donors (Lipinski definition) is 0. The highest BCUT2D eigenvalue weighted by Gasteiger charge is 2.44. The van der Waals surface area contributed by atoms with Crippen molar-refractivity contribution in [3.63, 3.8) is 0 Å². The zero-order valence-electron chi connectivity index (χ0n) is 17.6. The zero-order valence-corrected chi connectivity index (χ0v) is 18.3. The molecule has 1 saturated heterocycles. The topological polar surface area (TPSA) is 55.8 Å². The lowest BCUT2D eigenvalue weighted by Crippen LogP contribution is -2.53. The van der Waals surface area contributed by atoms with Gasteiger partial charge in [-0.05, 0) is 49.6 Å². The Bertz CT molecular complexity index is 1010. The lowest BCUT2D eigenvalue weighted by Gasteiger charge is -2.44. The van der Waals surface area contributed by atoms with Crippen molar-refractivity contribution in [2.75, 3.05) is 19.7 Å². The number of rotatable bonds is 3. The molecule has 6 heteroatoms. The summed E-state index contributed by atoms with van der Waals surface area (Å²) in [5.41, 5.74) is 2.73. The number of hydrogen-bond acceptors (Lipinski definition) is 4. The largest absolute Gasteiger partial charge is 0.486 e. The summed E-state index contributed by atoms with van der Waals surface area (Å²) in [6, 6.07) is 9.51. The summed E-state index contributed by atoms with van der Waals surface area (Å²) < 4.78 is 12.1. The number of amides is 1. The fourth-order valence-corrected chi connectivity index (χ4v) is 4.54. The number of ether oxygens (including phenoxy) is 2. The molecule has 1 spiro atoms. The lowest BCUT2D eigenvalue weighted by molar-refractivity contribution is -0.136. The van der Waals surface area contributed by atoms with Gasteiger partial charge in [0, 0.05) is 31.0 Å². The highest BCUT2D eigenvalue weighted by atomic mass is 35.5. The summed E-state index contributed by atoms with van der Waals surface area (Å²) in [4.78, 5) is 27.3. The minimum absolute atomic E-state index is 0.0113. The molecule has 2 heterocycles. The maximum atomic E-state index is 12.9. The van der Waals surface area contributed by atoms with Crippen LogP contribution in [0.3, 0.4) is 0 Å². The summed E-state index contributed by atoms with van der Waals surface area (Å²) >= 11 is 6.33. The van der Waals surface area contributed by atoms with Crippen LogP contribution in [0.15, 0.2) is 30.3 Å². The van der Waals surface area contributed by atoms with Gasteiger partial charge in [0.15, 0.2) is 12.4 Å². The molecule has 0 aliphatic carbocycles. The van der Waals surface area contributed by atoms with Gasteiger partial charge in [-0.1, -0.05) is 29.8 Å². The SMILES string of the molecule is Cc1ccccc1OCC(=O)N1CCC2(CC1)CC(=O)c1c(cc(C)c(Cl)c1C)O2. The van der Waals surface area contributed by atoms with Crippen molar-refractivity contribution in [3.05, 3.63) is 57.6 Å². The minimum atomic E-state index is -0.551. The van der Waals surface area contributed by atoms with Crippen LogP contribution in [-0.2, 0) is 4.79 Å². The molecule has 2 aliphatic heterocycles. The number of piperidine rings is 1. The number of likely N-dealkylation sites (tertiary alicyclic amines) is 1. The van der Waals surface area contributed by atoms with Crippen LogP contribution in [0.25, 0.3) is 0 Å². The molecule has 0 saturated carbocycles. The van der Waals surface area contributed by atoms with Gasteiger partial charge in [0.2, 0.25) is 0 Å². The van der Waals surface area contributed by atoms with Crippen molar-refractivity contribution in [1.29, 1.82) is 0 Å². The third-order valence-corrected chi connectivity index (χ3v) is 6.79. The van der Waals surface area contributed by atoms with E-state index in [4.69, 9.17) is 21.1 Å². The summed E-state index contributed by atoms with van der Waals surface area (Å²) in [7, 11) is 0. The molecule has 1 fully saturated rings. The van der Waals surface area contributed by atoms with Crippen LogP contribution < -0.4 is 9.47 Å². The van der Waals surface area contributed by atoms with Crippen molar-refractivity contribution < 1.29 is 19.1 Å². The van der Waals surface area contributed by atoms with Crippen molar-refractivity contribution >= 4 is 23.3 Å². The maximum absolute atomic E-state index is 12.9. The van der Waals surface area contributed by atoms with Gasteiger partial charge < -0.3 is 14.4 Å². The molecule has 0 unspecified atom stereocenters. The molecule has 0 N–H and O–H groups in total. The normalized spacial score (nSPS) is 17.5. The standard InChI is InChI=1S/C24H26ClNO4/c1-15-6-4-5-7-19(15)29-14-21(28)26-10-8-24(9-11-26)13-18(27)22-17(3)23(25)16(2)12-20(22)30-24/h4-7,12H,8-11,13-14H2,1-3H3. The molecule has 0 radical (unpaired) electrons. The van der Waals surface area contributed by atoms with Crippen LogP contribution in [0.4, 0.5) is 0 Å². The smallest absolute Gasteiger partial charge is 0.260 e. The average Bonchev–Trinajstić information content (AvgIpc) is 2.71. The number of Topliss-reactive ketones (excluding diaryl/α,β-unsaturated/α-hetero) is 1. The fraction of sp³-hybridized carbons (Fsp3) is 0.417. The second kappa shape index (κ2) is 7.95. The Morgan fingerprint density at radius 3 is 2.57 bits per heavy atom. The Morgan fingerprint density at radius 2 is 1.87 bits per heavy atom. The van der Waals surface area contributed by atoms with E-state index in [9.17, 15) is 9.59 Å². The lowest BCUT2D eigenvalue weighted by atomic mass is 9.81. The van der Waals surface area contributed by atoms with E-state index in [1.54, 1.807) is 4.90 Å². The Balaban J connectivity index is 1.41. The van der Waals surface area contributed by atoms with Crippen molar-refractivity contribution in [3.8, 4) is 11.5 Å². The summed E-state index contributed by atoms with van der Waals surface area (Å²) in [6.45, 7) is 6.84. The van der Waals surface area contributed by atoms with E-state index in [0.717, 1.165) is 22.4 Å². The van der Waals surface area contributed by atoms with Crippen molar-refractivity contribution in [2.24, 2.45) is 0 Å². The molecule has 1 amide bonds. The Morgan fingerprint density at radius 1 is 1.17 bits per heavy atom. The van der Waals surface area contributed by atoms with Gasteiger partial charge in [-0.15, -0.1) is 0 Å². The predicted molar refractivity (Wildman–Crippen MR) is 116 cm³/mol. The number of aryl methyl sites for hydroxylation is 2. The number of benzene rings is 2. The van der Waals surface area contributed by atoms with Gasteiger partial charge in [-0.3, -0.25) is 9.59 Å². The first-order chi connectivity index (χ1) is 14.3. The van der Waals surface area contributed by atoms with Gasteiger partial charge in [0.1, 0.15) is 17.1 Å². The number of carbonyl (C=O) groups excluding carboxylic acids is 2. The fourth-order valence-electron chi connectivity index (χ4n) is 4.39. The van der Waals surface area contributed by atoms with Gasteiger partial charge in [-0.25, -0.2) is 0 Å². The van der Waals surface area contributed by atoms with Gasteiger partial charge >= 0.3 is 0 Å². The first kappa shape index (κ1) is 20.7. The predicted octanol–water partition coefficient (Wildman–Crippen LogP) is 4.67. The molecular formula is C24H26ClNO4. The number of halogens is 1. The first-order valence-electron chi connectivity index (χ1n) is 10.3. The van der Waals surface area contributed by atoms with Crippen LogP contribution in [-0.4, -0.2) is 41.9 Å². The Labute approximate surface area is 181 Å². The van der Waals surface area contributed by atoms with E-state index < -0.39 is 5.60 Å². The Kier molecular flexibility index (Phi) is 5.49. The molecular weight excluding hydrogens is 402 g/mol. The maximum Gasteiger partial charge on any atom is 0.260 e. The van der Waals surface area contributed by atoms with Crippen LogP contribution in [0.2, 0.25) is 5.02 Å². The van der Waals surface area contributed by atoms with Crippen LogP contribution in [0.1, 0.15) is 46.3 Å². The molecule has 158 valence electrons. The Hall–Kier alpha value is -2.53. The molecule has 30 heavy (non-hydrogen) atoms. The van der Waals surface area contributed by atoms with Gasteiger partial charge in [-0.2, -0.15) is 0 Å². The van der Waals surface area contributed by atoms with E-state index in [2.05, 4.69) is 0 Å². The second-order valence-corrected chi connectivity index (χ2v) is 8.70. The highest BCUT2D eigenvalue weighted by Crippen LogP contribution is 2.43. The van der Waals surface area contributed by atoms with E-state index >= 15 is 0 Å². The summed E-state index contributed by atoms with van der Waals surface area (Å²) in [5.74, 6) is 1.36. The summed E-state index contributed by atoms with van der Waals surface area (Å²) in [6.07, 6.45) is 1.56. The van der Waals surface area contributed by atoms with E-state index in [0.29, 0.717) is 48.7 Å². The number of carbonyl (C=O) groups is 2. The molecule has 2 aromatic carbocycles. The van der Waals surface area contributed by atoms with Crippen LogP contribution >= 0.6 is 11.6 Å². The average molecular weight is 428 g/mol. The van der Waals surface area contributed by atoms with Gasteiger partial charge in [0.05, 0.1) is 12.0 Å². The highest BCUT2D eigenvalue weighted by molar-refractivity contribution is 6.32. The molecule has 2 aromatic rings. The third-order valence-electron chi connectivity index (χ3n) is 6.20. The van der Waals surface area contributed by atoms with Crippen LogP contribution in [0, 0.1) is 20.8 Å². The molecule has 4 rings (SSSR count). The van der Waals surface area contributed by atoms with Crippen molar-refractivity contribution in [2.45, 2.75) is 45.6 Å². The first-order valence-corrected chi connectivity index (χ1v) is 10.7. The number of ketones is 1. The van der Waals surface area contributed by atoms with Gasteiger partial charge in [0.25, 0.3) is 5.91 Å². The van der Waals surface area contributed by atoms with E-state index in [1.807, 2.05) is 51.1 Å². The second-order valence-electron chi connectivity index (χ2n) is 8.33. The number of fused-ring (bicyclic) bond motifs is 1. The molecule has 5 nitrogen and oxygen atoms in total. The molecule has 0 aromatic heterocycles. The van der Waals surface area contributed by atoms with Crippen LogP contribution in [0.5, 0.6) is 11.5 Å². The molecule has 0 bridgehead atoms. The monoisotopic (exact) mass is 427 g/mol. The number of para-hydroxylation sites is 1. The van der Waals surface area contributed by atoms with E-state index in [1.165, 1.54) is 0 Å². The zero-order chi connectivity index (χ0) is 21.5. The van der Waals surface area contributed by atoms with Crippen molar-refractivity contribution in [1.82, 2.24) is 4.90 Å². The minimum Gasteiger partial charge on any atom is -0.486 e. The quantitative estimate of drug-likeness (QED) is 0.714. The third kappa shape index (κ3) is 3.79. The molecule has 0 atom stereocenters. The number of nitrogens with zero attached hydrogens (tertiary/aromatic N) is 1. The van der Waals surface area contributed by atoms with E-state index in [-0.39, 0.29) is 18.3 Å².